The van der Waals surface area contributed by atoms with Crippen LogP contribution in [0.3, 0.4) is 0 Å². The molecule has 0 saturated carbocycles. The van der Waals surface area contributed by atoms with Gasteiger partial charge in [0.15, 0.2) is 0 Å². The molecule has 8 heteroatoms. The van der Waals surface area contributed by atoms with E-state index in [-0.39, 0.29) is 32.5 Å². The van der Waals surface area contributed by atoms with Crippen LogP contribution in [0.4, 0.5) is 0 Å². The molecule has 1 saturated heterocycles. The molecule has 140 valence electrons. The van der Waals surface area contributed by atoms with Gasteiger partial charge in [-0.1, -0.05) is 37.0 Å². The fourth-order valence-electron chi connectivity index (χ4n) is 3.15. The highest BCUT2D eigenvalue weighted by atomic mass is 35.5. The molecule has 0 N–H and O–H groups in total. The van der Waals surface area contributed by atoms with Crippen molar-refractivity contribution in [1.29, 1.82) is 0 Å². The Labute approximate surface area is 159 Å². The van der Waals surface area contributed by atoms with E-state index in [1.165, 1.54) is 16.4 Å². The molecule has 1 fully saturated rings. The molecule has 0 aromatic heterocycles. The van der Waals surface area contributed by atoms with Crippen LogP contribution in [0.5, 0.6) is 0 Å². The van der Waals surface area contributed by atoms with Crippen LogP contribution in [0, 0.1) is 0 Å². The zero-order valence-corrected chi connectivity index (χ0v) is 17.1. The Morgan fingerprint density at radius 3 is 2.40 bits per heavy atom. The van der Waals surface area contributed by atoms with Crippen LogP contribution in [0.15, 0.2) is 17.0 Å². The first-order valence-corrected chi connectivity index (χ1v) is 10.7. The van der Waals surface area contributed by atoms with Gasteiger partial charge in [0.1, 0.15) is 4.90 Å². The smallest absolute Gasteiger partial charge is 0.255 e. The molecule has 1 aromatic carbocycles. The number of halogens is 2. The van der Waals surface area contributed by atoms with Gasteiger partial charge in [0.2, 0.25) is 10.0 Å². The molecule has 1 aliphatic heterocycles. The highest BCUT2D eigenvalue weighted by molar-refractivity contribution is 7.89. The van der Waals surface area contributed by atoms with E-state index < -0.39 is 10.0 Å². The number of hydrogen-bond donors (Lipinski definition) is 0. The Bertz CT molecular complexity index is 749. The number of amides is 1. The van der Waals surface area contributed by atoms with E-state index in [0.29, 0.717) is 19.6 Å². The molecular weight excluding hydrogens is 383 g/mol. The highest BCUT2D eigenvalue weighted by Crippen LogP contribution is 2.32. The maximum Gasteiger partial charge on any atom is 0.255 e. The van der Waals surface area contributed by atoms with Gasteiger partial charge in [-0.05, 0) is 38.3 Å². The third-order valence-corrected chi connectivity index (χ3v) is 7.47. The number of rotatable bonds is 5. The minimum atomic E-state index is -3.78. The molecule has 1 atom stereocenters. The monoisotopic (exact) mass is 406 g/mol. The number of piperidine rings is 1. The Hall–Kier alpha value is -0.820. The van der Waals surface area contributed by atoms with Crippen molar-refractivity contribution in [1.82, 2.24) is 9.21 Å². The number of carbonyl (C=O) groups is 1. The molecule has 0 unspecified atom stereocenters. The van der Waals surface area contributed by atoms with Gasteiger partial charge < -0.3 is 4.90 Å². The molecule has 0 radical (unpaired) electrons. The first-order chi connectivity index (χ1) is 11.7. The van der Waals surface area contributed by atoms with Gasteiger partial charge in [-0.25, -0.2) is 8.42 Å². The summed E-state index contributed by atoms with van der Waals surface area (Å²) in [5, 5.41) is 0.200. The summed E-state index contributed by atoms with van der Waals surface area (Å²) in [4.78, 5) is 14.6. The lowest BCUT2D eigenvalue weighted by Crippen LogP contribution is -2.42. The van der Waals surface area contributed by atoms with E-state index >= 15 is 0 Å². The molecule has 0 aliphatic carbocycles. The fraction of sp³-hybridized carbons (Fsp3) is 0.588. The molecule has 1 aliphatic rings. The molecule has 25 heavy (non-hydrogen) atoms. The Balaban J connectivity index is 2.49. The second kappa shape index (κ2) is 8.25. The standard InChI is InChI=1S/C17H24Cl2N2O3S/c1-4-20(5-2)25(23,24)16-10-13(14(18)11-15(16)19)17(22)21-9-7-6-8-12(21)3/h10-12H,4-9H2,1-3H3/t12-/m0/s1. The number of sulfonamides is 1. The first-order valence-electron chi connectivity index (χ1n) is 8.54. The molecule has 0 bridgehead atoms. The number of nitrogens with zero attached hydrogens (tertiary/aromatic N) is 2. The largest absolute Gasteiger partial charge is 0.336 e. The quantitative estimate of drug-likeness (QED) is 0.740. The van der Waals surface area contributed by atoms with E-state index in [4.69, 9.17) is 23.2 Å². The molecule has 1 amide bonds. The maximum atomic E-state index is 12.9. The van der Waals surface area contributed by atoms with Gasteiger partial charge in [-0.15, -0.1) is 0 Å². The van der Waals surface area contributed by atoms with Crippen LogP contribution >= 0.6 is 23.2 Å². The van der Waals surface area contributed by atoms with Crippen molar-refractivity contribution in [3.8, 4) is 0 Å². The molecule has 2 rings (SSSR count). The lowest BCUT2D eigenvalue weighted by molar-refractivity contribution is 0.0635. The number of likely N-dealkylation sites (tertiary alicyclic amines) is 1. The summed E-state index contributed by atoms with van der Waals surface area (Å²) in [5.41, 5.74) is 0.186. The number of benzene rings is 1. The average Bonchev–Trinajstić information content (AvgIpc) is 2.55. The van der Waals surface area contributed by atoms with Crippen LogP contribution in [0.1, 0.15) is 50.4 Å². The normalized spacial score (nSPS) is 18.6. The highest BCUT2D eigenvalue weighted by Gasteiger charge is 2.30. The van der Waals surface area contributed by atoms with Gasteiger partial charge >= 0.3 is 0 Å². The van der Waals surface area contributed by atoms with E-state index in [2.05, 4.69) is 0 Å². The van der Waals surface area contributed by atoms with Crippen LogP contribution in [0.25, 0.3) is 0 Å². The topological polar surface area (TPSA) is 57.7 Å². The van der Waals surface area contributed by atoms with E-state index in [1.54, 1.807) is 18.7 Å². The SMILES string of the molecule is CCN(CC)S(=O)(=O)c1cc(C(=O)N2CCCC[C@@H]2C)c(Cl)cc1Cl. The third kappa shape index (κ3) is 4.13. The zero-order chi connectivity index (χ0) is 18.8. The lowest BCUT2D eigenvalue weighted by Gasteiger charge is -2.33. The molecule has 1 heterocycles. The van der Waals surface area contributed by atoms with E-state index in [0.717, 1.165) is 19.3 Å². The second-order valence-corrected chi connectivity index (χ2v) is 8.92. The second-order valence-electron chi connectivity index (χ2n) is 6.20. The van der Waals surface area contributed by atoms with Crippen molar-refractivity contribution in [3.05, 3.63) is 27.7 Å². The number of hydrogen-bond acceptors (Lipinski definition) is 3. The maximum absolute atomic E-state index is 12.9. The summed E-state index contributed by atoms with van der Waals surface area (Å²) in [7, 11) is -3.78. The minimum Gasteiger partial charge on any atom is -0.336 e. The van der Waals surface area contributed by atoms with Crippen molar-refractivity contribution in [2.24, 2.45) is 0 Å². The van der Waals surface area contributed by atoms with Crippen molar-refractivity contribution < 1.29 is 13.2 Å². The van der Waals surface area contributed by atoms with Gasteiger partial charge in [-0.2, -0.15) is 4.31 Å². The predicted octanol–water partition coefficient (Wildman–Crippen LogP) is 4.04. The Kier molecular flexibility index (Phi) is 6.76. The summed E-state index contributed by atoms with van der Waals surface area (Å²) in [5.74, 6) is -0.245. The fourth-order valence-corrected chi connectivity index (χ4v) is 5.43. The van der Waals surface area contributed by atoms with Crippen LogP contribution in [0.2, 0.25) is 10.0 Å². The predicted molar refractivity (Wildman–Crippen MR) is 101 cm³/mol. The van der Waals surface area contributed by atoms with Gasteiger partial charge in [-0.3, -0.25) is 4.79 Å². The molecule has 5 nitrogen and oxygen atoms in total. The number of carbonyl (C=O) groups excluding carboxylic acids is 1. The molecule has 1 aromatic rings. The van der Waals surface area contributed by atoms with Crippen LogP contribution in [-0.2, 0) is 10.0 Å². The van der Waals surface area contributed by atoms with Gasteiger partial charge in [0.05, 0.1) is 15.6 Å². The van der Waals surface area contributed by atoms with Crippen LogP contribution in [-0.4, -0.2) is 49.2 Å². The van der Waals surface area contributed by atoms with Crippen molar-refractivity contribution in [3.63, 3.8) is 0 Å². The Morgan fingerprint density at radius 1 is 1.20 bits per heavy atom. The molecule has 0 spiro atoms. The average molecular weight is 407 g/mol. The van der Waals surface area contributed by atoms with Crippen LogP contribution < -0.4 is 0 Å². The summed E-state index contributed by atoms with van der Waals surface area (Å²) in [6, 6.07) is 2.78. The zero-order valence-electron chi connectivity index (χ0n) is 14.8. The summed E-state index contributed by atoms with van der Waals surface area (Å²) < 4.78 is 26.9. The first kappa shape index (κ1) is 20.5. The Morgan fingerprint density at radius 2 is 1.84 bits per heavy atom. The van der Waals surface area contributed by atoms with Gasteiger partial charge in [0.25, 0.3) is 5.91 Å². The lowest BCUT2D eigenvalue weighted by atomic mass is 10.0. The van der Waals surface area contributed by atoms with E-state index in [9.17, 15) is 13.2 Å². The van der Waals surface area contributed by atoms with Crippen molar-refractivity contribution in [2.75, 3.05) is 19.6 Å². The summed E-state index contributed by atoms with van der Waals surface area (Å²) in [6.45, 7) is 6.80. The van der Waals surface area contributed by atoms with Crippen molar-refractivity contribution >= 4 is 39.1 Å². The summed E-state index contributed by atoms with van der Waals surface area (Å²) >= 11 is 12.4. The summed E-state index contributed by atoms with van der Waals surface area (Å²) in [6.07, 6.45) is 2.95. The third-order valence-electron chi connectivity index (χ3n) is 4.64. The minimum absolute atomic E-state index is 0.0279. The van der Waals surface area contributed by atoms with Crippen molar-refractivity contribution in [2.45, 2.75) is 51.0 Å². The molecular formula is C17H24Cl2N2O3S. The van der Waals surface area contributed by atoms with E-state index in [1.807, 2.05) is 6.92 Å². The van der Waals surface area contributed by atoms with Gasteiger partial charge in [0, 0.05) is 25.7 Å².